The van der Waals surface area contributed by atoms with Crippen LogP contribution in [-0.4, -0.2) is 68.7 Å². The van der Waals surface area contributed by atoms with Crippen molar-refractivity contribution in [3.63, 3.8) is 0 Å². The van der Waals surface area contributed by atoms with Crippen LogP contribution in [0.3, 0.4) is 0 Å². The number of amides is 2. The maximum absolute atomic E-state index is 15.1. The molecule has 2 aromatic carbocycles. The molecule has 5 N–H and O–H groups in total. The van der Waals surface area contributed by atoms with Crippen LogP contribution in [0.15, 0.2) is 73.1 Å². The molecule has 0 saturated carbocycles. The normalized spacial score (nSPS) is 11.6. The zero-order chi connectivity index (χ0) is 38.3. The van der Waals surface area contributed by atoms with E-state index in [-0.39, 0.29) is 11.4 Å². The summed E-state index contributed by atoms with van der Waals surface area (Å²) in [6.45, 7) is 5.46. The van der Waals surface area contributed by atoms with Gasteiger partial charge in [-0.3, -0.25) is 9.97 Å². The molecule has 0 bridgehead atoms. The van der Waals surface area contributed by atoms with Gasteiger partial charge in [-0.05, 0) is 74.0 Å². The number of fused-ring (bicyclic) bond motifs is 1. The van der Waals surface area contributed by atoms with Crippen molar-refractivity contribution >= 4 is 39.0 Å². The summed E-state index contributed by atoms with van der Waals surface area (Å²) in [5.74, 6) is -1.72. The first kappa shape index (κ1) is 40.4. The number of benzene rings is 2. The molecule has 3 heterocycles. The van der Waals surface area contributed by atoms with Gasteiger partial charge in [-0.2, -0.15) is 13.2 Å². The molecule has 11 nitrogen and oxygen atoms in total. The van der Waals surface area contributed by atoms with Crippen LogP contribution in [0, 0.1) is 11.6 Å². The Morgan fingerprint density at radius 2 is 1.56 bits per heavy atom. The lowest BCUT2D eigenvalue weighted by molar-refractivity contribution is -0.137. The second-order valence-corrected chi connectivity index (χ2v) is 12.8. The molecule has 0 aliphatic rings. The smallest absolute Gasteiger partial charge is 0.416 e. The minimum atomic E-state index is -4.73. The molecule has 54 heavy (non-hydrogen) atoms. The standard InChI is InChI=1S/C37H39F5N6O5S/c38-27-6-4-25(37(40,41)42)19-30(27)48-36(49)47-26-5-8-32(28(39)20-26)53-33-9-12-45-31-21-34(54-35(31)33)29-7-3-24(23-46-29)22-44-11-2-14-51-16-18-52-17-15-50-13-1-10-43/h3-9,12,19-21,23,44H,1-2,10-11,13-18,22,43H2,(H2,47,48,49). The van der Waals surface area contributed by atoms with E-state index < -0.39 is 35.1 Å². The largest absolute Gasteiger partial charge is 0.453 e. The Balaban J connectivity index is 1.08. The van der Waals surface area contributed by atoms with Crippen molar-refractivity contribution in [1.82, 2.24) is 15.3 Å². The molecule has 2 amide bonds. The number of ether oxygens (including phenoxy) is 4. The summed E-state index contributed by atoms with van der Waals surface area (Å²) < 4.78 is 91.1. The lowest BCUT2D eigenvalue weighted by atomic mass is 10.2. The SMILES string of the molecule is NCCCOCCOCCOCCCNCc1ccc(-c2cc3nccc(Oc4ccc(NC(=O)Nc5cc(C(F)(F)F)ccc5F)cc4F)c3s2)nc1. The number of carbonyl (C=O) groups is 1. The van der Waals surface area contributed by atoms with Gasteiger partial charge in [0, 0.05) is 50.0 Å². The predicted octanol–water partition coefficient (Wildman–Crippen LogP) is 7.97. The van der Waals surface area contributed by atoms with Crippen LogP contribution in [0.25, 0.3) is 20.8 Å². The first-order valence-electron chi connectivity index (χ1n) is 17.0. The summed E-state index contributed by atoms with van der Waals surface area (Å²) in [6.07, 6.45) is 0.289. The highest BCUT2D eigenvalue weighted by atomic mass is 32.1. The Labute approximate surface area is 312 Å². The number of carbonyl (C=O) groups excluding carboxylic acids is 1. The number of hydrogen-bond donors (Lipinski definition) is 4. The minimum Gasteiger partial charge on any atom is -0.453 e. The number of alkyl halides is 3. The molecular weight excluding hydrogens is 736 g/mol. The summed E-state index contributed by atoms with van der Waals surface area (Å²) >= 11 is 1.38. The molecule has 0 aliphatic heterocycles. The van der Waals surface area contributed by atoms with Crippen molar-refractivity contribution in [2.24, 2.45) is 5.73 Å². The maximum Gasteiger partial charge on any atom is 0.416 e. The molecule has 5 rings (SSSR count). The van der Waals surface area contributed by atoms with Gasteiger partial charge in [0.2, 0.25) is 0 Å². The Bertz CT molecular complexity index is 1960. The van der Waals surface area contributed by atoms with Gasteiger partial charge in [-0.25, -0.2) is 13.6 Å². The zero-order valence-electron chi connectivity index (χ0n) is 29.0. The van der Waals surface area contributed by atoms with Gasteiger partial charge in [0.25, 0.3) is 0 Å². The van der Waals surface area contributed by atoms with Crippen molar-refractivity contribution in [2.45, 2.75) is 25.6 Å². The number of nitrogens with one attached hydrogen (secondary N) is 3. The Hall–Kier alpha value is -4.78. The summed E-state index contributed by atoms with van der Waals surface area (Å²) in [6, 6.07) is 11.5. The Morgan fingerprint density at radius 1 is 0.796 bits per heavy atom. The first-order chi connectivity index (χ1) is 26.1. The molecule has 0 radical (unpaired) electrons. The van der Waals surface area contributed by atoms with E-state index in [9.17, 15) is 22.4 Å². The molecule has 0 spiro atoms. The van der Waals surface area contributed by atoms with Gasteiger partial charge < -0.3 is 40.6 Å². The molecule has 0 aliphatic carbocycles. The number of nitrogens with zero attached hydrogens (tertiary/aromatic N) is 2. The molecule has 0 unspecified atom stereocenters. The monoisotopic (exact) mass is 774 g/mol. The fourth-order valence-corrected chi connectivity index (χ4v) is 5.96. The quantitative estimate of drug-likeness (QED) is 0.0458. The molecule has 0 atom stereocenters. The average molecular weight is 775 g/mol. The molecule has 5 aromatic rings. The van der Waals surface area contributed by atoms with Crippen LogP contribution in [-0.2, 0) is 26.9 Å². The van der Waals surface area contributed by atoms with E-state index in [1.54, 1.807) is 12.3 Å². The highest BCUT2D eigenvalue weighted by Crippen LogP contribution is 2.39. The third-order valence-corrected chi connectivity index (χ3v) is 8.77. The van der Waals surface area contributed by atoms with Gasteiger partial charge in [0.05, 0.1) is 58.5 Å². The number of halogens is 5. The highest BCUT2D eigenvalue weighted by molar-refractivity contribution is 7.22. The number of nitrogens with two attached hydrogens (primary N) is 1. The van der Waals surface area contributed by atoms with Crippen LogP contribution >= 0.6 is 11.3 Å². The third kappa shape index (κ3) is 12.1. The minimum absolute atomic E-state index is 0.0457. The van der Waals surface area contributed by atoms with E-state index in [2.05, 4.69) is 20.6 Å². The van der Waals surface area contributed by atoms with Crippen molar-refractivity contribution in [3.05, 3.63) is 95.8 Å². The summed E-state index contributed by atoms with van der Waals surface area (Å²) in [5, 5.41) is 7.66. The topological polar surface area (TPSA) is 142 Å². The van der Waals surface area contributed by atoms with E-state index in [0.717, 1.165) is 41.6 Å². The van der Waals surface area contributed by atoms with Crippen LogP contribution in [0.1, 0.15) is 24.0 Å². The number of urea groups is 1. The molecule has 0 fully saturated rings. The fourth-order valence-electron chi connectivity index (χ4n) is 4.92. The molecule has 288 valence electrons. The van der Waals surface area contributed by atoms with Crippen molar-refractivity contribution in [2.75, 3.05) is 63.4 Å². The third-order valence-electron chi connectivity index (χ3n) is 7.61. The van der Waals surface area contributed by atoms with Gasteiger partial charge in [-0.15, -0.1) is 11.3 Å². The van der Waals surface area contributed by atoms with E-state index in [1.165, 1.54) is 29.7 Å². The van der Waals surface area contributed by atoms with Crippen molar-refractivity contribution in [3.8, 4) is 22.1 Å². The summed E-state index contributed by atoms with van der Waals surface area (Å²) in [5.41, 5.74) is 5.91. The van der Waals surface area contributed by atoms with Gasteiger partial charge in [0.1, 0.15) is 11.6 Å². The van der Waals surface area contributed by atoms with Gasteiger partial charge >= 0.3 is 12.2 Å². The zero-order valence-corrected chi connectivity index (χ0v) is 29.8. The lowest BCUT2D eigenvalue weighted by Gasteiger charge is -2.12. The average Bonchev–Trinajstić information content (AvgIpc) is 3.59. The van der Waals surface area contributed by atoms with E-state index >= 15 is 4.39 Å². The Kier molecular flexibility index (Phi) is 15.0. The van der Waals surface area contributed by atoms with Crippen LogP contribution in [0.5, 0.6) is 11.5 Å². The van der Waals surface area contributed by atoms with E-state index in [4.69, 9.17) is 24.7 Å². The summed E-state index contributed by atoms with van der Waals surface area (Å²) in [4.78, 5) is 22.2. The Morgan fingerprint density at radius 3 is 2.26 bits per heavy atom. The fraction of sp³-hybridized carbons (Fsp3) is 0.324. The van der Waals surface area contributed by atoms with Gasteiger partial charge in [0.15, 0.2) is 11.6 Å². The maximum atomic E-state index is 15.1. The second kappa shape index (κ2) is 20.1. The molecular formula is C37H39F5N6O5S. The number of anilines is 2. The number of hydrogen-bond acceptors (Lipinski definition) is 10. The summed E-state index contributed by atoms with van der Waals surface area (Å²) in [7, 11) is 0. The van der Waals surface area contributed by atoms with Crippen molar-refractivity contribution in [1.29, 1.82) is 0 Å². The van der Waals surface area contributed by atoms with Crippen LogP contribution in [0.2, 0.25) is 0 Å². The highest BCUT2D eigenvalue weighted by Gasteiger charge is 2.31. The number of thiophene rings is 1. The van der Waals surface area contributed by atoms with E-state index in [0.29, 0.717) is 86.9 Å². The molecule has 17 heteroatoms. The van der Waals surface area contributed by atoms with Crippen LogP contribution < -0.4 is 26.4 Å². The van der Waals surface area contributed by atoms with Gasteiger partial charge in [-0.1, -0.05) is 6.07 Å². The van der Waals surface area contributed by atoms with Crippen LogP contribution in [0.4, 0.5) is 38.1 Å². The molecule has 0 saturated heterocycles. The predicted molar refractivity (Wildman–Crippen MR) is 196 cm³/mol. The number of pyridine rings is 2. The molecule has 3 aromatic heterocycles. The second-order valence-electron chi connectivity index (χ2n) is 11.7. The number of rotatable bonds is 20. The lowest BCUT2D eigenvalue weighted by Crippen LogP contribution is -2.20. The van der Waals surface area contributed by atoms with Crippen molar-refractivity contribution < 1.29 is 45.7 Å². The first-order valence-corrected chi connectivity index (χ1v) is 17.8. The van der Waals surface area contributed by atoms with E-state index in [1.807, 2.05) is 23.5 Å². The number of aromatic nitrogens is 2.